The van der Waals surface area contributed by atoms with E-state index in [0.717, 1.165) is 9.48 Å². The van der Waals surface area contributed by atoms with Crippen molar-refractivity contribution in [2.24, 2.45) is 0 Å². The standard InChI is InChI=1S/C30H22BrN3O4/c31-22-15-17-23(18-16-22)34(28(36)27(35)25-19-32-26-14-8-7-13-24(25)26)33-29(37)30(38,20-9-3-1-4-10-20)21-11-5-2-6-12-21/h1-19,32,38H,(H,33,37). The molecule has 0 aliphatic rings. The highest BCUT2D eigenvalue weighted by Gasteiger charge is 2.42. The minimum absolute atomic E-state index is 0.170. The molecule has 0 saturated heterocycles. The van der Waals surface area contributed by atoms with Crippen LogP contribution in [0.4, 0.5) is 5.69 Å². The lowest BCUT2D eigenvalue weighted by Crippen LogP contribution is -2.56. The second-order valence-electron chi connectivity index (χ2n) is 8.58. The number of fused-ring (bicyclic) bond motifs is 1. The number of amides is 2. The number of nitrogens with one attached hydrogen (secondary N) is 2. The van der Waals surface area contributed by atoms with Crippen LogP contribution in [0, 0.1) is 0 Å². The number of para-hydroxylation sites is 1. The molecule has 0 radical (unpaired) electrons. The van der Waals surface area contributed by atoms with Gasteiger partial charge in [0.2, 0.25) is 0 Å². The highest BCUT2D eigenvalue weighted by atomic mass is 79.9. The van der Waals surface area contributed by atoms with Crippen LogP contribution in [-0.2, 0) is 15.2 Å². The summed E-state index contributed by atoms with van der Waals surface area (Å²) in [5, 5.41) is 13.3. The van der Waals surface area contributed by atoms with E-state index in [-0.39, 0.29) is 11.3 Å². The molecule has 7 nitrogen and oxygen atoms in total. The van der Waals surface area contributed by atoms with Crippen molar-refractivity contribution >= 4 is 50.1 Å². The van der Waals surface area contributed by atoms with Crippen LogP contribution in [-0.4, -0.2) is 27.7 Å². The third kappa shape index (κ3) is 4.63. The zero-order chi connectivity index (χ0) is 26.7. The van der Waals surface area contributed by atoms with Crippen molar-refractivity contribution in [2.75, 3.05) is 5.01 Å². The van der Waals surface area contributed by atoms with Crippen LogP contribution >= 0.6 is 15.9 Å². The molecular formula is C30H22BrN3O4. The average Bonchev–Trinajstić information content (AvgIpc) is 3.40. The van der Waals surface area contributed by atoms with Crippen LogP contribution in [0.3, 0.4) is 0 Å². The Kier molecular flexibility index (Phi) is 6.91. The first kappa shape index (κ1) is 25.1. The maximum absolute atomic E-state index is 13.9. The van der Waals surface area contributed by atoms with Crippen molar-refractivity contribution in [3.8, 4) is 0 Å². The van der Waals surface area contributed by atoms with Crippen LogP contribution in [0.15, 0.2) is 120 Å². The monoisotopic (exact) mass is 567 g/mol. The van der Waals surface area contributed by atoms with E-state index in [2.05, 4.69) is 26.3 Å². The fourth-order valence-electron chi connectivity index (χ4n) is 4.27. The molecule has 5 aromatic rings. The number of H-pyrrole nitrogens is 1. The number of carbonyl (C=O) groups excluding carboxylic acids is 3. The number of hydrogen-bond acceptors (Lipinski definition) is 4. The Labute approximate surface area is 226 Å². The Morgan fingerprint density at radius 1 is 0.763 bits per heavy atom. The first-order valence-corrected chi connectivity index (χ1v) is 12.5. The molecule has 2 amide bonds. The number of ketones is 1. The topological polar surface area (TPSA) is 102 Å². The molecule has 8 heteroatoms. The van der Waals surface area contributed by atoms with Gasteiger partial charge < -0.3 is 10.1 Å². The number of aromatic amines is 1. The van der Waals surface area contributed by atoms with Crippen LogP contribution in [0.25, 0.3) is 10.9 Å². The number of halogens is 1. The molecule has 0 saturated carbocycles. The molecule has 0 aliphatic carbocycles. The SMILES string of the molecule is O=C(C(=O)N(NC(=O)C(O)(c1ccccc1)c1ccccc1)c1ccc(Br)cc1)c1c[nH]c2ccccc12. The van der Waals surface area contributed by atoms with Crippen molar-refractivity contribution in [2.45, 2.75) is 5.60 Å². The molecule has 1 aromatic heterocycles. The maximum atomic E-state index is 13.9. The molecule has 3 N–H and O–H groups in total. The van der Waals surface area contributed by atoms with Gasteiger partial charge in [0, 0.05) is 21.6 Å². The second-order valence-corrected chi connectivity index (χ2v) is 9.49. The summed E-state index contributed by atoms with van der Waals surface area (Å²) in [4.78, 5) is 44.0. The molecule has 38 heavy (non-hydrogen) atoms. The highest BCUT2D eigenvalue weighted by molar-refractivity contribution is 9.10. The van der Waals surface area contributed by atoms with Crippen LogP contribution in [0.5, 0.6) is 0 Å². The first-order chi connectivity index (χ1) is 18.4. The Morgan fingerprint density at radius 2 is 1.32 bits per heavy atom. The van der Waals surface area contributed by atoms with Gasteiger partial charge in [0.25, 0.3) is 11.7 Å². The quantitative estimate of drug-likeness (QED) is 0.151. The number of nitrogens with zero attached hydrogens (tertiary/aromatic N) is 1. The normalized spacial score (nSPS) is 11.2. The van der Waals surface area contributed by atoms with E-state index in [1.165, 1.54) is 6.20 Å². The zero-order valence-electron chi connectivity index (χ0n) is 20.0. The average molecular weight is 568 g/mol. The van der Waals surface area contributed by atoms with Gasteiger partial charge in [0.05, 0.1) is 11.3 Å². The number of hydrogen-bond donors (Lipinski definition) is 3. The van der Waals surface area contributed by atoms with E-state index in [1.54, 1.807) is 103 Å². The lowest BCUT2D eigenvalue weighted by atomic mass is 9.85. The van der Waals surface area contributed by atoms with Crippen molar-refractivity contribution in [1.29, 1.82) is 0 Å². The van der Waals surface area contributed by atoms with Gasteiger partial charge in [0.1, 0.15) is 0 Å². The smallest absolute Gasteiger partial charge is 0.318 e. The van der Waals surface area contributed by atoms with E-state index in [1.807, 2.05) is 6.07 Å². The predicted octanol–water partition coefficient (Wildman–Crippen LogP) is 5.11. The van der Waals surface area contributed by atoms with Crippen LogP contribution < -0.4 is 10.4 Å². The summed E-state index contributed by atoms with van der Waals surface area (Å²) >= 11 is 3.36. The number of hydrazine groups is 1. The summed E-state index contributed by atoms with van der Waals surface area (Å²) in [6, 6.07) is 30.5. The third-order valence-corrected chi connectivity index (χ3v) is 6.77. The number of benzene rings is 4. The van der Waals surface area contributed by atoms with E-state index in [4.69, 9.17) is 0 Å². The molecule has 4 aromatic carbocycles. The van der Waals surface area contributed by atoms with E-state index < -0.39 is 23.2 Å². The van der Waals surface area contributed by atoms with Crippen molar-refractivity contribution in [3.05, 3.63) is 137 Å². The lowest BCUT2D eigenvalue weighted by Gasteiger charge is -2.31. The molecule has 0 aliphatic heterocycles. The van der Waals surface area contributed by atoms with Gasteiger partial charge in [-0.1, -0.05) is 94.8 Å². The van der Waals surface area contributed by atoms with Crippen molar-refractivity contribution in [1.82, 2.24) is 10.4 Å². The summed E-state index contributed by atoms with van der Waals surface area (Å²) in [7, 11) is 0. The Bertz CT molecular complexity index is 1580. The summed E-state index contributed by atoms with van der Waals surface area (Å²) in [6.07, 6.45) is 1.47. The summed E-state index contributed by atoms with van der Waals surface area (Å²) in [6.45, 7) is 0. The van der Waals surface area contributed by atoms with Gasteiger partial charge in [-0.2, -0.15) is 0 Å². The second kappa shape index (κ2) is 10.5. The first-order valence-electron chi connectivity index (χ1n) is 11.7. The number of rotatable bonds is 6. The molecule has 0 unspecified atom stereocenters. The number of carbonyl (C=O) groups is 3. The third-order valence-electron chi connectivity index (χ3n) is 6.24. The predicted molar refractivity (Wildman–Crippen MR) is 148 cm³/mol. The molecule has 0 bridgehead atoms. The Balaban J connectivity index is 1.56. The van der Waals surface area contributed by atoms with Gasteiger partial charge in [0.15, 0.2) is 5.60 Å². The van der Waals surface area contributed by atoms with E-state index in [9.17, 15) is 19.5 Å². The number of Topliss-reactive ketones (excluding diaryl/α,β-unsaturated/α-hetero) is 1. The minimum atomic E-state index is -2.15. The molecule has 188 valence electrons. The molecular weight excluding hydrogens is 546 g/mol. The Morgan fingerprint density at radius 3 is 1.92 bits per heavy atom. The Hall–Kier alpha value is -4.53. The lowest BCUT2D eigenvalue weighted by molar-refractivity contribution is -0.138. The van der Waals surface area contributed by atoms with Gasteiger partial charge in [-0.05, 0) is 41.5 Å². The van der Waals surface area contributed by atoms with Crippen LogP contribution in [0.1, 0.15) is 21.5 Å². The van der Waals surface area contributed by atoms with Gasteiger partial charge in [-0.15, -0.1) is 0 Å². The summed E-state index contributed by atoms with van der Waals surface area (Å²) in [5.41, 5.74) is 2.09. The van der Waals surface area contributed by atoms with E-state index >= 15 is 0 Å². The molecule has 0 fully saturated rings. The zero-order valence-corrected chi connectivity index (χ0v) is 21.6. The van der Waals surface area contributed by atoms with E-state index in [0.29, 0.717) is 22.0 Å². The summed E-state index contributed by atoms with van der Waals surface area (Å²) in [5.74, 6) is -2.72. The summed E-state index contributed by atoms with van der Waals surface area (Å²) < 4.78 is 0.744. The molecule has 5 rings (SSSR count). The fourth-order valence-corrected chi connectivity index (χ4v) is 4.53. The largest absolute Gasteiger partial charge is 0.372 e. The van der Waals surface area contributed by atoms with Gasteiger partial charge in [-0.25, -0.2) is 5.01 Å². The minimum Gasteiger partial charge on any atom is -0.372 e. The number of aliphatic hydroxyl groups is 1. The number of anilines is 1. The number of aromatic nitrogens is 1. The van der Waals surface area contributed by atoms with Crippen molar-refractivity contribution in [3.63, 3.8) is 0 Å². The van der Waals surface area contributed by atoms with Gasteiger partial charge >= 0.3 is 5.91 Å². The molecule has 0 spiro atoms. The molecule has 0 atom stereocenters. The molecule has 1 heterocycles. The van der Waals surface area contributed by atoms with Crippen molar-refractivity contribution < 1.29 is 19.5 Å². The fraction of sp³-hybridized carbons (Fsp3) is 0.0333. The maximum Gasteiger partial charge on any atom is 0.318 e. The van der Waals surface area contributed by atoms with Gasteiger partial charge in [-0.3, -0.25) is 19.8 Å². The van der Waals surface area contributed by atoms with Crippen LogP contribution in [0.2, 0.25) is 0 Å². The highest BCUT2D eigenvalue weighted by Crippen LogP contribution is 2.31.